The molecule has 2 aromatic carbocycles. The van der Waals surface area contributed by atoms with Crippen molar-refractivity contribution in [3.8, 4) is 17.0 Å². The van der Waals surface area contributed by atoms with Crippen LogP contribution < -0.4 is 15.0 Å². The number of para-hydroxylation sites is 1. The van der Waals surface area contributed by atoms with Crippen LogP contribution >= 0.6 is 0 Å². The number of carbonyl (C=O) groups is 2. The summed E-state index contributed by atoms with van der Waals surface area (Å²) in [5.41, 5.74) is 4.06. The van der Waals surface area contributed by atoms with Crippen LogP contribution in [0.3, 0.4) is 0 Å². The van der Waals surface area contributed by atoms with Crippen molar-refractivity contribution in [1.82, 2.24) is 10.2 Å². The molecule has 2 amide bonds. The molecular weight excluding hydrogens is 368 g/mol. The molecule has 148 valence electrons. The van der Waals surface area contributed by atoms with E-state index >= 15 is 0 Å². The number of aromatic amines is 1. The van der Waals surface area contributed by atoms with E-state index in [-0.39, 0.29) is 11.8 Å². The van der Waals surface area contributed by atoms with E-state index < -0.39 is 0 Å². The SMILES string of the molecule is CCC(=O)N1CCc2cc(C(=O)Nc3cc(-c4ccccc4OC)[nH]n3)ccc21. The van der Waals surface area contributed by atoms with Crippen molar-refractivity contribution in [3.63, 3.8) is 0 Å². The first kappa shape index (κ1) is 18.7. The van der Waals surface area contributed by atoms with Crippen LogP contribution in [0.2, 0.25) is 0 Å². The third-order valence-corrected chi connectivity index (χ3v) is 5.06. The molecule has 1 aromatic heterocycles. The van der Waals surface area contributed by atoms with Crippen molar-refractivity contribution in [2.75, 3.05) is 23.9 Å². The van der Waals surface area contributed by atoms with Gasteiger partial charge in [0.05, 0.1) is 12.8 Å². The van der Waals surface area contributed by atoms with E-state index in [4.69, 9.17) is 4.74 Å². The molecule has 0 radical (unpaired) electrons. The van der Waals surface area contributed by atoms with Gasteiger partial charge in [-0.05, 0) is 42.3 Å². The van der Waals surface area contributed by atoms with Crippen molar-refractivity contribution in [1.29, 1.82) is 0 Å². The largest absolute Gasteiger partial charge is 0.496 e. The average Bonchev–Trinajstić information content (AvgIpc) is 3.39. The topological polar surface area (TPSA) is 87.3 Å². The first-order valence-corrected chi connectivity index (χ1v) is 9.54. The summed E-state index contributed by atoms with van der Waals surface area (Å²) in [6, 6.07) is 14.8. The van der Waals surface area contributed by atoms with Gasteiger partial charge in [0.2, 0.25) is 5.91 Å². The molecule has 0 spiro atoms. The van der Waals surface area contributed by atoms with Crippen molar-refractivity contribution in [2.45, 2.75) is 19.8 Å². The molecule has 0 atom stereocenters. The number of benzene rings is 2. The number of hydrogen-bond acceptors (Lipinski definition) is 4. The molecule has 1 aliphatic heterocycles. The van der Waals surface area contributed by atoms with Crippen molar-refractivity contribution in [2.24, 2.45) is 0 Å². The first-order chi connectivity index (χ1) is 14.1. The molecule has 3 aromatic rings. The fourth-order valence-corrected chi connectivity index (χ4v) is 3.57. The molecule has 0 bridgehead atoms. The van der Waals surface area contributed by atoms with Crippen LogP contribution in [0.25, 0.3) is 11.3 Å². The second-order valence-electron chi connectivity index (χ2n) is 6.81. The van der Waals surface area contributed by atoms with E-state index in [0.717, 1.165) is 34.7 Å². The highest BCUT2D eigenvalue weighted by molar-refractivity contribution is 6.05. The zero-order chi connectivity index (χ0) is 20.4. The van der Waals surface area contributed by atoms with Crippen LogP contribution in [0.4, 0.5) is 11.5 Å². The Hall–Kier alpha value is -3.61. The number of methoxy groups -OCH3 is 1. The molecule has 4 rings (SSSR count). The molecular formula is C22H22N4O3. The van der Waals surface area contributed by atoms with E-state index in [1.54, 1.807) is 24.1 Å². The van der Waals surface area contributed by atoms with Crippen LogP contribution in [0.5, 0.6) is 5.75 Å². The standard InChI is InChI=1S/C22H22N4O3/c1-3-21(27)26-11-10-14-12-15(8-9-18(14)26)22(28)23-20-13-17(24-25-20)16-6-4-5-7-19(16)29-2/h4-9,12-13H,3,10-11H2,1-2H3,(H2,23,24,25,28). The van der Waals surface area contributed by atoms with E-state index in [2.05, 4.69) is 15.5 Å². The Bertz CT molecular complexity index is 1070. The Labute approximate surface area is 168 Å². The van der Waals surface area contributed by atoms with Gasteiger partial charge >= 0.3 is 0 Å². The molecule has 0 saturated carbocycles. The number of nitrogens with one attached hydrogen (secondary N) is 2. The molecule has 2 N–H and O–H groups in total. The van der Waals surface area contributed by atoms with Gasteiger partial charge in [-0.1, -0.05) is 19.1 Å². The molecule has 1 aliphatic rings. The number of hydrogen-bond donors (Lipinski definition) is 2. The number of H-pyrrole nitrogens is 1. The maximum Gasteiger partial charge on any atom is 0.256 e. The highest BCUT2D eigenvalue weighted by atomic mass is 16.5. The minimum atomic E-state index is -0.244. The highest BCUT2D eigenvalue weighted by Crippen LogP contribution is 2.31. The number of anilines is 2. The molecule has 0 saturated heterocycles. The van der Waals surface area contributed by atoms with Crippen molar-refractivity contribution < 1.29 is 14.3 Å². The number of ether oxygens (including phenoxy) is 1. The predicted molar refractivity (Wildman–Crippen MR) is 111 cm³/mol. The van der Waals surface area contributed by atoms with Crippen molar-refractivity contribution in [3.05, 3.63) is 59.7 Å². The molecule has 0 fully saturated rings. The molecule has 0 unspecified atom stereocenters. The maximum absolute atomic E-state index is 12.7. The van der Waals surface area contributed by atoms with Gasteiger partial charge in [0.1, 0.15) is 5.75 Å². The number of nitrogens with zero attached hydrogens (tertiary/aromatic N) is 2. The summed E-state index contributed by atoms with van der Waals surface area (Å²) in [6.07, 6.45) is 1.22. The minimum Gasteiger partial charge on any atom is -0.496 e. The number of rotatable bonds is 5. The molecule has 7 nitrogen and oxygen atoms in total. The van der Waals surface area contributed by atoms with Crippen molar-refractivity contribution >= 4 is 23.3 Å². The lowest BCUT2D eigenvalue weighted by molar-refractivity contribution is -0.118. The Morgan fingerprint density at radius 2 is 2.03 bits per heavy atom. The lowest BCUT2D eigenvalue weighted by Gasteiger charge is -2.16. The van der Waals surface area contributed by atoms with Gasteiger partial charge in [0, 0.05) is 35.8 Å². The van der Waals surface area contributed by atoms with Crippen LogP contribution in [0.1, 0.15) is 29.3 Å². The van der Waals surface area contributed by atoms with Gasteiger partial charge in [0.25, 0.3) is 5.91 Å². The van der Waals surface area contributed by atoms with Gasteiger partial charge in [-0.3, -0.25) is 14.7 Å². The molecule has 7 heteroatoms. The fraction of sp³-hybridized carbons (Fsp3) is 0.227. The summed E-state index contributed by atoms with van der Waals surface area (Å²) in [5.74, 6) is 1.01. The zero-order valence-corrected chi connectivity index (χ0v) is 16.4. The Morgan fingerprint density at radius 3 is 2.83 bits per heavy atom. The monoisotopic (exact) mass is 390 g/mol. The Balaban J connectivity index is 1.51. The van der Waals surface area contributed by atoms with E-state index in [9.17, 15) is 9.59 Å². The van der Waals surface area contributed by atoms with Gasteiger partial charge in [-0.25, -0.2) is 0 Å². The molecule has 0 aliphatic carbocycles. The molecule has 29 heavy (non-hydrogen) atoms. The number of carbonyl (C=O) groups excluding carboxylic acids is 2. The van der Waals surface area contributed by atoms with Crippen LogP contribution in [0.15, 0.2) is 48.5 Å². The normalized spacial score (nSPS) is 12.6. The van der Waals surface area contributed by atoms with Gasteiger partial charge < -0.3 is 15.0 Å². The van der Waals surface area contributed by atoms with E-state index in [0.29, 0.717) is 24.3 Å². The van der Waals surface area contributed by atoms with Gasteiger partial charge in [-0.15, -0.1) is 0 Å². The molecule has 2 heterocycles. The summed E-state index contributed by atoms with van der Waals surface area (Å²) in [6.45, 7) is 2.51. The summed E-state index contributed by atoms with van der Waals surface area (Å²) in [4.78, 5) is 26.5. The number of amides is 2. The third-order valence-electron chi connectivity index (χ3n) is 5.06. The summed E-state index contributed by atoms with van der Waals surface area (Å²) >= 11 is 0. The number of aromatic nitrogens is 2. The quantitative estimate of drug-likeness (QED) is 0.696. The van der Waals surface area contributed by atoms with Gasteiger partial charge in [0.15, 0.2) is 5.82 Å². The lowest BCUT2D eigenvalue weighted by Crippen LogP contribution is -2.27. The highest BCUT2D eigenvalue weighted by Gasteiger charge is 2.24. The minimum absolute atomic E-state index is 0.0985. The van der Waals surface area contributed by atoms with Crippen LogP contribution in [-0.4, -0.2) is 35.7 Å². The fourth-order valence-electron chi connectivity index (χ4n) is 3.57. The third kappa shape index (κ3) is 3.59. The second kappa shape index (κ2) is 7.79. The average molecular weight is 390 g/mol. The summed E-state index contributed by atoms with van der Waals surface area (Å²) in [7, 11) is 1.61. The van der Waals surface area contributed by atoms with E-state index in [1.165, 1.54) is 0 Å². The lowest BCUT2D eigenvalue weighted by atomic mass is 10.1. The maximum atomic E-state index is 12.7. The van der Waals surface area contributed by atoms with Gasteiger partial charge in [-0.2, -0.15) is 5.10 Å². The van der Waals surface area contributed by atoms with Crippen LogP contribution in [0, 0.1) is 0 Å². The predicted octanol–water partition coefficient (Wildman–Crippen LogP) is 3.64. The second-order valence-corrected chi connectivity index (χ2v) is 6.81. The number of fused-ring (bicyclic) bond motifs is 1. The van der Waals surface area contributed by atoms with E-state index in [1.807, 2.05) is 43.3 Å². The van der Waals surface area contributed by atoms with Crippen LogP contribution in [-0.2, 0) is 11.2 Å². The zero-order valence-electron chi connectivity index (χ0n) is 16.4. The Kier molecular flexibility index (Phi) is 5.03. The summed E-state index contributed by atoms with van der Waals surface area (Å²) in [5, 5.41) is 9.94. The Morgan fingerprint density at radius 1 is 1.21 bits per heavy atom. The first-order valence-electron chi connectivity index (χ1n) is 9.54. The smallest absolute Gasteiger partial charge is 0.256 e. The summed E-state index contributed by atoms with van der Waals surface area (Å²) < 4.78 is 5.37.